The van der Waals surface area contributed by atoms with Crippen LogP contribution in [0, 0.1) is 11.8 Å². The van der Waals surface area contributed by atoms with Gasteiger partial charge in [0.2, 0.25) is 0 Å². The van der Waals surface area contributed by atoms with E-state index in [0.29, 0.717) is 22.8 Å². The molecule has 4 atom stereocenters. The molecule has 3 nitrogen and oxygen atoms in total. The molecule has 2 aromatic carbocycles. The van der Waals surface area contributed by atoms with Crippen LogP contribution in [0.2, 0.25) is 5.02 Å². The summed E-state index contributed by atoms with van der Waals surface area (Å²) in [6, 6.07) is 18.5. The number of hydrogen-bond donors (Lipinski definition) is 1. The lowest BCUT2D eigenvalue weighted by Crippen LogP contribution is -2.40. The maximum atomic E-state index is 12.7. The van der Waals surface area contributed by atoms with Crippen LogP contribution >= 0.6 is 11.6 Å². The van der Waals surface area contributed by atoms with Gasteiger partial charge in [0.15, 0.2) is 0 Å². The van der Waals surface area contributed by atoms with E-state index in [2.05, 4.69) is 35.6 Å². The summed E-state index contributed by atoms with van der Waals surface area (Å²) in [5.41, 5.74) is 2.53. The predicted molar refractivity (Wildman–Crippen MR) is 105 cm³/mol. The second-order valence-corrected chi connectivity index (χ2v) is 8.16. The van der Waals surface area contributed by atoms with E-state index in [-0.39, 0.29) is 12.1 Å². The summed E-state index contributed by atoms with van der Waals surface area (Å²) in [6.07, 6.45) is 2.40. The van der Waals surface area contributed by atoms with Crippen LogP contribution in [0.15, 0.2) is 54.6 Å². The summed E-state index contributed by atoms with van der Waals surface area (Å²) in [4.78, 5) is 14.7. The molecule has 0 bridgehead atoms. The van der Waals surface area contributed by atoms with Crippen LogP contribution in [-0.4, -0.2) is 24.0 Å². The fourth-order valence-electron chi connectivity index (χ4n) is 4.57. The summed E-state index contributed by atoms with van der Waals surface area (Å²) in [5.74, 6) is 1.93. The summed E-state index contributed by atoms with van der Waals surface area (Å²) >= 11 is 5.94. The Morgan fingerprint density at radius 1 is 1.04 bits per heavy atom. The summed E-state index contributed by atoms with van der Waals surface area (Å²) in [5, 5.41) is 3.85. The number of halogens is 1. The van der Waals surface area contributed by atoms with Gasteiger partial charge in [0.1, 0.15) is 0 Å². The van der Waals surface area contributed by atoms with Crippen molar-refractivity contribution in [1.82, 2.24) is 10.2 Å². The van der Waals surface area contributed by atoms with Crippen molar-refractivity contribution in [3.63, 3.8) is 0 Å². The first-order valence-electron chi connectivity index (χ1n) is 9.46. The van der Waals surface area contributed by atoms with Crippen LogP contribution in [0.4, 0.5) is 4.79 Å². The van der Waals surface area contributed by atoms with Crippen LogP contribution < -0.4 is 5.32 Å². The van der Waals surface area contributed by atoms with Gasteiger partial charge < -0.3 is 10.2 Å². The smallest absolute Gasteiger partial charge is 0.317 e. The molecule has 1 saturated heterocycles. The third-order valence-electron chi connectivity index (χ3n) is 6.02. The molecule has 2 fully saturated rings. The fourth-order valence-corrected chi connectivity index (χ4v) is 4.70. The average Bonchev–Trinajstić information content (AvgIpc) is 3.22. The highest BCUT2D eigenvalue weighted by molar-refractivity contribution is 6.30. The van der Waals surface area contributed by atoms with Crippen molar-refractivity contribution >= 4 is 17.6 Å². The Morgan fingerprint density at radius 3 is 2.27 bits per heavy atom. The lowest BCUT2D eigenvalue weighted by molar-refractivity contribution is 0.201. The first-order chi connectivity index (χ1) is 12.6. The number of hydrogen-bond acceptors (Lipinski definition) is 1. The first kappa shape index (κ1) is 17.4. The monoisotopic (exact) mass is 368 g/mol. The Balaban J connectivity index is 1.32. The molecule has 136 valence electrons. The van der Waals surface area contributed by atoms with Crippen molar-refractivity contribution < 1.29 is 4.79 Å². The minimum absolute atomic E-state index is 0.0164. The lowest BCUT2D eigenvalue weighted by Gasteiger charge is -2.23. The molecule has 2 amide bonds. The highest BCUT2D eigenvalue weighted by Gasteiger charge is 2.42. The molecule has 0 radical (unpaired) electrons. The van der Waals surface area contributed by atoms with Crippen LogP contribution in [0.3, 0.4) is 0 Å². The normalized spacial score (nSPS) is 25.8. The molecule has 1 heterocycles. The first-order valence-corrected chi connectivity index (χ1v) is 9.84. The molecule has 0 aromatic heterocycles. The molecular formula is C22H25ClN2O. The van der Waals surface area contributed by atoms with Gasteiger partial charge in [-0.15, -0.1) is 0 Å². The molecule has 1 aliphatic heterocycles. The highest BCUT2D eigenvalue weighted by Crippen LogP contribution is 2.46. The number of nitrogens with zero attached hydrogens (tertiary/aromatic N) is 1. The number of rotatable bonds is 3. The summed E-state index contributed by atoms with van der Waals surface area (Å²) in [6.45, 7) is 3.78. The van der Waals surface area contributed by atoms with Crippen molar-refractivity contribution in [2.75, 3.05) is 13.1 Å². The molecular weight excluding hydrogens is 344 g/mol. The van der Waals surface area contributed by atoms with Gasteiger partial charge in [-0.3, -0.25) is 0 Å². The van der Waals surface area contributed by atoms with E-state index in [9.17, 15) is 4.79 Å². The minimum Gasteiger partial charge on any atom is -0.331 e. The van der Waals surface area contributed by atoms with Crippen LogP contribution in [0.25, 0.3) is 0 Å². The van der Waals surface area contributed by atoms with Crippen molar-refractivity contribution in [2.45, 2.75) is 31.7 Å². The van der Waals surface area contributed by atoms with E-state index in [0.717, 1.165) is 18.7 Å². The molecule has 1 saturated carbocycles. The topological polar surface area (TPSA) is 32.3 Å². The average molecular weight is 369 g/mol. The molecule has 4 rings (SSSR count). The Morgan fingerprint density at radius 2 is 1.65 bits per heavy atom. The van der Waals surface area contributed by atoms with Gasteiger partial charge in [-0.2, -0.15) is 0 Å². The van der Waals surface area contributed by atoms with E-state index in [1.165, 1.54) is 18.4 Å². The van der Waals surface area contributed by atoms with Gasteiger partial charge in [0, 0.05) is 18.1 Å². The van der Waals surface area contributed by atoms with Gasteiger partial charge in [0.05, 0.1) is 6.04 Å². The van der Waals surface area contributed by atoms with Gasteiger partial charge in [-0.25, -0.2) is 4.79 Å². The molecule has 1 N–H and O–H groups in total. The van der Waals surface area contributed by atoms with E-state index in [4.69, 9.17) is 11.6 Å². The van der Waals surface area contributed by atoms with E-state index < -0.39 is 0 Å². The zero-order valence-electron chi connectivity index (χ0n) is 15.1. The zero-order chi connectivity index (χ0) is 18.1. The van der Waals surface area contributed by atoms with Gasteiger partial charge in [0.25, 0.3) is 0 Å². The van der Waals surface area contributed by atoms with E-state index in [1.807, 2.05) is 36.1 Å². The minimum atomic E-state index is -0.0164. The molecule has 2 aliphatic rings. The molecule has 1 aliphatic carbocycles. The largest absolute Gasteiger partial charge is 0.331 e. The van der Waals surface area contributed by atoms with Crippen LogP contribution in [-0.2, 0) is 0 Å². The predicted octanol–water partition coefficient (Wildman–Crippen LogP) is 5.24. The molecule has 2 aromatic rings. The number of likely N-dealkylation sites (tertiary alicyclic amines) is 1. The number of amides is 2. The van der Waals surface area contributed by atoms with Gasteiger partial charge in [-0.05, 0) is 60.8 Å². The Labute approximate surface area is 160 Å². The summed E-state index contributed by atoms with van der Waals surface area (Å²) in [7, 11) is 0. The Bertz CT molecular complexity index is 747. The van der Waals surface area contributed by atoms with E-state index >= 15 is 0 Å². The Kier molecular flexibility index (Phi) is 4.90. The number of nitrogens with one attached hydrogen (secondary N) is 1. The van der Waals surface area contributed by atoms with Crippen molar-refractivity contribution in [2.24, 2.45) is 11.8 Å². The third kappa shape index (κ3) is 3.59. The number of urea groups is 1. The zero-order valence-corrected chi connectivity index (χ0v) is 15.8. The van der Waals surface area contributed by atoms with Gasteiger partial charge in [-0.1, -0.05) is 54.1 Å². The second kappa shape index (κ2) is 7.32. The summed E-state index contributed by atoms with van der Waals surface area (Å²) < 4.78 is 0. The van der Waals surface area contributed by atoms with E-state index in [1.54, 1.807) is 0 Å². The molecule has 0 spiro atoms. The van der Waals surface area contributed by atoms with Crippen LogP contribution in [0.1, 0.15) is 42.9 Å². The quantitative estimate of drug-likeness (QED) is 0.789. The molecule has 0 unspecified atom stereocenters. The molecule has 26 heavy (non-hydrogen) atoms. The second-order valence-electron chi connectivity index (χ2n) is 7.73. The highest BCUT2D eigenvalue weighted by atomic mass is 35.5. The standard InChI is InChI=1S/C22H25ClN2O/c1-15(16-7-9-21(23)10-8-16)24-22(26)25-13-19-11-18(12-20(19)14-25)17-5-3-2-4-6-17/h2-10,15,18-20H,11-14H2,1H3,(H,24,26)/t15-,18-,19-,20+/m1/s1. The fraction of sp³-hybridized carbons (Fsp3) is 0.409. The SMILES string of the molecule is C[C@@H](NC(=O)N1C[C@H]2C[C@@H](c3ccccc3)C[C@H]2C1)c1ccc(Cl)cc1. The van der Waals surface area contributed by atoms with Crippen molar-refractivity contribution in [1.29, 1.82) is 0 Å². The Hall–Kier alpha value is -2.00. The maximum Gasteiger partial charge on any atom is 0.317 e. The lowest BCUT2D eigenvalue weighted by atomic mass is 9.96. The van der Waals surface area contributed by atoms with Crippen molar-refractivity contribution in [3.05, 3.63) is 70.7 Å². The number of fused-ring (bicyclic) bond motifs is 1. The third-order valence-corrected chi connectivity index (χ3v) is 6.27. The molecule has 4 heteroatoms. The number of benzene rings is 2. The van der Waals surface area contributed by atoms with Gasteiger partial charge >= 0.3 is 6.03 Å². The number of carbonyl (C=O) groups excluding carboxylic acids is 1. The van der Waals surface area contributed by atoms with Crippen LogP contribution in [0.5, 0.6) is 0 Å². The maximum absolute atomic E-state index is 12.7. The number of carbonyl (C=O) groups is 1. The van der Waals surface area contributed by atoms with Crippen molar-refractivity contribution in [3.8, 4) is 0 Å².